The summed E-state index contributed by atoms with van der Waals surface area (Å²) < 4.78 is 5.21. The molecule has 0 aliphatic carbocycles. The monoisotopic (exact) mass is 318 g/mol. The lowest BCUT2D eigenvalue weighted by molar-refractivity contribution is 0.415. The zero-order chi connectivity index (χ0) is 16.8. The molecule has 2 N–H and O–H groups in total. The predicted molar refractivity (Wildman–Crippen MR) is 97.4 cm³/mol. The second-order valence-corrected chi connectivity index (χ2v) is 5.20. The lowest BCUT2D eigenvalue weighted by Crippen LogP contribution is -2.13. The van der Waals surface area contributed by atoms with Crippen molar-refractivity contribution < 1.29 is 9.84 Å². The van der Waals surface area contributed by atoms with E-state index in [2.05, 4.69) is 10.3 Å². The van der Waals surface area contributed by atoms with E-state index in [1.807, 2.05) is 54.6 Å². The third kappa shape index (κ3) is 3.93. The van der Waals surface area contributed by atoms with Gasteiger partial charge in [0.25, 0.3) is 0 Å². The van der Waals surface area contributed by atoms with Crippen LogP contribution < -0.4 is 10.1 Å². The van der Waals surface area contributed by atoms with Gasteiger partial charge in [-0.2, -0.15) is 0 Å². The van der Waals surface area contributed by atoms with E-state index < -0.39 is 0 Å². The fourth-order valence-corrected chi connectivity index (χ4v) is 2.23. The quantitative estimate of drug-likeness (QED) is 0.546. The van der Waals surface area contributed by atoms with Gasteiger partial charge in [0.15, 0.2) is 0 Å². The lowest BCUT2D eigenvalue weighted by Gasteiger charge is -2.11. The van der Waals surface area contributed by atoms with Crippen molar-refractivity contribution >= 4 is 17.2 Å². The molecule has 0 unspecified atom stereocenters. The SMILES string of the molecule is COc1ccc(C(=Nc2ccc(O)cc2)Nc2ccccc2)cc1. The van der Waals surface area contributed by atoms with E-state index in [4.69, 9.17) is 4.74 Å². The first kappa shape index (κ1) is 15.6. The average Bonchev–Trinajstić information content (AvgIpc) is 2.64. The summed E-state index contributed by atoms with van der Waals surface area (Å²) in [5, 5.41) is 12.8. The second kappa shape index (κ2) is 7.33. The van der Waals surface area contributed by atoms with Gasteiger partial charge in [-0.1, -0.05) is 18.2 Å². The minimum absolute atomic E-state index is 0.218. The number of hydrogen-bond acceptors (Lipinski definition) is 3. The van der Waals surface area contributed by atoms with E-state index in [9.17, 15) is 5.11 Å². The summed E-state index contributed by atoms with van der Waals surface area (Å²) in [5.41, 5.74) is 2.64. The van der Waals surface area contributed by atoms with Crippen LogP contribution in [0.2, 0.25) is 0 Å². The van der Waals surface area contributed by atoms with Crippen molar-refractivity contribution in [2.75, 3.05) is 12.4 Å². The smallest absolute Gasteiger partial charge is 0.138 e. The number of nitrogens with zero attached hydrogens (tertiary/aromatic N) is 1. The number of para-hydroxylation sites is 1. The Balaban J connectivity index is 1.97. The van der Waals surface area contributed by atoms with Crippen LogP contribution in [0.1, 0.15) is 5.56 Å². The average molecular weight is 318 g/mol. The Hall–Kier alpha value is -3.27. The standard InChI is InChI=1S/C20H18N2O2/c1-24-19-13-7-15(8-14-19)20(21-16-5-3-2-4-6-16)22-17-9-11-18(23)12-10-17/h2-14,23H,1H3,(H,21,22). The number of methoxy groups -OCH3 is 1. The Morgan fingerprint density at radius 3 is 2.17 bits per heavy atom. The van der Waals surface area contributed by atoms with Gasteiger partial charge in [-0.15, -0.1) is 0 Å². The predicted octanol–water partition coefficient (Wildman–Crippen LogP) is 4.59. The number of aliphatic imine (C=N–C) groups is 1. The highest BCUT2D eigenvalue weighted by Crippen LogP contribution is 2.20. The molecule has 3 aromatic rings. The van der Waals surface area contributed by atoms with Crippen LogP contribution in [-0.4, -0.2) is 18.1 Å². The van der Waals surface area contributed by atoms with E-state index in [1.165, 1.54) is 0 Å². The molecule has 0 spiro atoms. The highest BCUT2D eigenvalue weighted by molar-refractivity contribution is 6.09. The normalized spacial score (nSPS) is 11.1. The number of hydrogen-bond donors (Lipinski definition) is 2. The Morgan fingerprint density at radius 2 is 1.54 bits per heavy atom. The van der Waals surface area contributed by atoms with Gasteiger partial charge < -0.3 is 15.2 Å². The fraction of sp³-hybridized carbons (Fsp3) is 0.0500. The van der Waals surface area contributed by atoms with Crippen LogP contribution in [0.25, 0.3) is 0 Å². The molecule has 0 amide bonds. The zero-order valence-electron chi connectivity index (χ0n) is 13.3. The van der Waals surface area contributed by atoms with Gasteiger partial charge in [-0.25, -0.2) is 4.99 Å². The van der Waals surface area contributed by atoms with E-state index in [-0.39, 0.29) is 5.75 Å². The first-order valence-corrected chi connectivity index (χ1v) is 7.59. The summed E-state index contributed by atoms with van der Waals surface area (Å²) in [4.78, 5) is 4.67. The van der Waals surface area contributed by atoms with Gasteiger partial charge in [0.2, 0.25) is 0 Å². The fourth-order valence-electron chi connectivity index (χ4n) is 2.23. The maximum atomic E-state index is 9.42. The molecule has 0 aliphatic heterocycles. The molecule has 0 aliphatic rings. The van der Waals surface area contributed by atoms with Crippen LogP contribution in [0, 0.1) is 0 Å². The minimum Gasteiger partial charge on any atom is -0.508 e. The Labute approximate surface area is 141 Å². The molecule has 0 heterocycles. The van der Waals surface area contributed by atoms with Crippen molar-refractivity contribution in [3.63, 3.8) is 0 Å². The van der Waals surface area contributed by atoms with E-state index in [0.29, 0.717) is 0 Å². The van der Waals surface area contributed by atoms with Gasteiger partial charge in [0.1, 0.15) is 17.3 Å². The molecule has 120 valence electrons. The number of phenolic OH excluding ortho intramolecular Hbond substituents is 1. The number of amidine groups is 1. The zero-order valence-corrected chi connectivity index (χ0v) is 13.3. The lowest BCUT2D eigenvalue weighted by atomic mass is 10.2. The summed E-state index contributed by atoms with van der Waals surface area (Å²) >= 11 is 0. The molecule has 0 saturated carbocycles. The number of phenols is 1. The largest absolute Gasteiger partial charge is 0.508 e. The van der Waals surface area contributed by atoms with Crippen molar-refractivity contribution in [2.45, 2.75) is 0 Å². The number of aromatic hydroxyl groups is 1. The van der Waals surface area contributed by atoms with Gasteiger partial charge in [-0.3, -0.25) is 0 Å². The molecular formula is C20H18N2O2. The summed E-state index contributed by atoms with van der Waals surface area (Å²) in [7, 11) is 1.64. The third-order valence-electron chi connectivity index (χ3n) is 3.49. The number of rotatable bonds is 4. The summed E-state index contributed by atoms with van der Waals surface area (Å²) in [5.74, 6) is 1.73. The number of nitrogens with one attached hydrogen (secondary N) is 1. The topological polar surface area (TPSA) is 53.9 Å². The molecule has 3 aromatic carbocycles. The Kier molecular flexibility index (Phi) is 4.77. The molecule has 4 nitrogen and oxygen atoms in total. The van der Waals surface area contributed by atoms with Gasteiger partial charge in [0.05, 0.1) is 12.8 Å². The molecule has 0 radical (unpaired) electrons. The summed E-state index contributed by atoms with van der Waals surface area (Å²) in [6, 6.07) is 24.3. The van der Waals surface area contributed by atoms with E-state index in [0.717, 1.165) is 28.5 Å². The van der Waals surface area contributed by atoms with Crippen LogP contribution in [-0.2, 0) is 0 Å². The first-order chi connectivity index (χ1) is 11.7. The highest BCUT2D eigenvalue weighted by Gasteiger charge is 2.05. The van der Waals surface area contributed by atoms with Crippen molar-refractivity contribution in [1.29, 1.82) is 0 Å². The van der Waals surface area contributed by atoms with E-state index >= 15 is 0 Å². The van der Waals surface area contributed by atoms with Crippen molar-refractivity contribution in [2.24, 2.45) is 4.99 Å². The third-order valence-corrected chi connectivity index (χ3v) is 3.49. The molecule has 3 rings (SSSR count). The van der Waals surface area contributed by atoms with Crippen molar-refractivity contribution in [3.05, 3.63) is 84.4 Å². The molecule has 0 saturated heterocycles. The van der Waals surface area contributed by atoms with Gasteiger partial charge in [-0.05, 0) is 60.7 Å². The minimum atomic E-state index is 0.218. The number of ether oxygens (including phenoxy) is 1. The summed E-state index contributed by atoms with van der Waals surface area (Å²) in [6.45, 7) is 0. The first-order valence-electron chi connectivity index (χ1n) is 7.59. The maximum absolute atomic E-state index is 9.42. The van der Waals surface area contributed by atoms with Crippen LogP contribution in [0.4, 0.5) is 11.4 Å². The van der Waals surface area contributed by atoms with Gasteiger partial charge in [0, 0.05) is 11.3 Å². The Bertz CT molecular complexity index is 811. The van der Waals surface area contributed by atoms with Gasteiger partial charge >= 0.3 is 0 Å². The Morgan fingerprint density at radius 1 is 0.875 bits per heavy atom. The van der Waals surface area contributed by atoms with Crippen molar-refractivity contribution in [3.8, 4) is 11.5 Å². The highest BCUT2D eigenvalue weighted by atomic mass is 16.5. The molecule has 0 bridgehead atoms. The van der Waals surface area contributed by atoms with Crippen molar-refractivity contribution in [1.82, 2.24) is 0 Å². The molecular weight excluding hydrogens is 300 g/mol. The number of benzene rings is 3. The van der Waals surface area contributed by atoms with Crippen LogP contribution >= 0.6 is 0 Å². The summed E-state index contributed by atoms with van der Waals surface area (Å²) in [6.07, 6.45) is 0. The van der Waals surface area contributed by atoms with E-state index in [1.54, 1.807) is 31.4 Å². The van der Waals surface area contributed by atoms with Crippen LogP contribution in [0.5, 0.6) is 11.5 Å². The molecule has 0 atom stereocenters. The van der Waals surface area contributed by atoms with Crippen LogP contribution in [0.3, 0.4) is 0 Å². The number of anilines is 1. The maximum Gasteiger partial charge on any atom is 0.138 e. The molecule has 4 heteroatoms. The molecule has 24 heavy (non-hydrogen) atoms. The molecule has 0 aromatic heterocycles. The molecule has 0 fully saturated rings. The van der Waals surface area contributed by atoms with Crippen LogP contribution in [0.15, 0.2) is 83.9 Å². The second-order valence-electron chi connectivity index (χ2n) is 5.20.